The highest BCUT2D eigenvalue weighted by Crippen LogP contribution is 2.37. The van der Waals surface area contributed by atoms with Gasteiger partial charge in [-0.2, -0.15) is 0 Å². The molecule has 7 heteroatoms. The van der Waals surface area contributed by atoms with Gasteiger partial charge >= 0.3 is 0 Å². The summed E-state index contributed by atoms with van der Waals surface area (Å²) < 4.78 is 26.2. The van der Waals surface area contributed by atoms with Gasteiger partial charge in [-0.3, -0.25) is 0 Å². The Hall–Kier alpha value is -2.67. The minimum Gasteiger partial charge on any atom is -0.454 e. The van der Waals surface area contributed by atoms with Gasteiger partial charge in [-0.25, -0.2) is 9.37 Å². The zero-order valence-corrected chi connectivity index (χ0v) is 12.8. The number of hydrogen-bond acceptors (Lipinski definition) is 4. The number of ether oxygens (including phenoxy) is 2. The van der Waals surface area contributed by atoms with E-state index >= 15 is 0 Å². The van der Waals surface area contributed by atoms with Crippen molar-refractivity contribution in [1.82, 2.24) is 9.55 Å². The predicted octanol–water partition coefficient (Wildman–Crippen LogP) is 2.86. The Morgan fingerprint density at radius 3 is 2.78 bits per heavy atom. The average Bonchev–Trinajstić information content (AvgIpc) is 3.09. The fourth-order valence-electron chi connectivity index (χ4n) is 2.68. The van der Waals surface area contributed by atoms with Crippen LogP contribution in [0, 0.1) is 5.82 Å². The SMILES string of the molecule is NC(=S)Cn1c(-c2cccc(F)c2)nc2cc3c(cc21)OCO3. The van der Waals surface area contributed by atoms with Gasteiger partial charge < -0.3 is 19.8 Å². The first kappa shape index (κ1) is 14.0. The molecule has 2 heterocycles. The van der Waals surface area contributed by atoms with E-state index in [0.717, 1.165) is 5.52 Å². The Labute approximate surface area is 136 Å². The zero-order chi connectivity index (χ0) is 16.0. The fraction of sp³-hybridized carbons (Fsp3) is 0.125. The lowest BCUT2D eigenvalue weighted by atomic mass is 10.2. The van der Waals surface area contributed by atoms with Gasteiger partial charge in [0.1, 0.15) is 11.6 Å². The number of fused-ring (bicyclic) bond motifs is 2. The topological polar surface area (TPSA) is 62.3 Å². The maximum atomic E-state index is 13.6. The van der Waals surface area contributed by atoms with Crippen LogP contribution in [-0.4, -0.2) is 21.3 Å². The van der Waals surface area contributed by atoms with Crippen molar-refractivity contribution in [2.75, 3.05) is 6.79 Å². The highest BCUT2D eigenvalue weighted by molar-refractivity contribution is 7.80. The van der Waals surface area contributed by atoms with E-state index in [9.17, 15) is 4.39 Å². The molecule has 0 atom stereocenters. The minimum atomic E-state index is -0.328. The molecular weight excluding hydrogens is 317 g/mol. The van der Waals surface area contributed by atoms with Gasteiger partial charge in [0.15, 0.2) is 11.5 Å². The van der Waals surface area contributed by atoms with E-state index in [4.69, 9.17) is 27.4 Å². The summed E-state index contributed by atoms with van der Waals surface area (Å²) in [6.45, 7) is 0.491. The van der Waals surface area contributed by atoms with E-state index in [1.165, 1.54) is 12.1 Å². The summed E-state index contributed by atoms with van der Waals surface area (Å²) in [4.78, 5) is 4.92. The van der Waals surface area contributed by atoms with Crippen LogP contribution >= 0.6 is 12.2 Å². The van der Waals surface area contributed by atoms with Crippen molar-refractivity contribution in [1.29, 1.82) is 0 Å². The number of nitrogens with two attached hydrogens (primary N) is 1. The number of thiocarbonyl (C=S) groups is 1. The summed E-state index contributed by atoms with van der Waals surface area (Å²) in [5.74, 6) is 1.55. The predicted molar refractivity (Wildman–Crippen MR) is 88.0 cm³/mol. The fourth-order valence-corrected chi connectivity index (χ4v) is 2.81. The summed E-state index contributed by atoms with van der Waals surface area (Å²) in [5.41, 5.74) is 7.89. The summed E-state index contributed by atoms with van der Waals surface area (Å²) in [5, 5.41) is 0. The first-order valence-electron chi connectivity index (χ1n) is 6.96. The number of rotatable bonds is 3. The Morgan fingerprint density at radius 1 is 1.26 bits per heavy atom. The van der Waals surface area contributed by atoms with Crippen molar-refractivity contribution in [3.05, 3.63) is 42.2 Å². The summed E-state index contributed by atoms with van der Waals surface area (Å²) in [7, 11) is 0. The second-order valence-electron chi connectivity index (χ2n) is 5.19. The van der Waals surface area contributed by atoms with Crippen molar-refractivity contribution >= 4 is 28.2 Å². The van der Waals surface area contributed by atoms with Crippen molar-refractivity contribution in [2.45, 2.75) is 6.54 Å². The van der Waals surface area contributed by atoms with Crippen molar-refractivity contribution < 1.29 is 13.9 Å². The molecule has 0 bridgehead atoms. The van der Waals surface area contributed by atoms with Crippen LogP contribution in [0.15, 0.2) is 36.4 Å². The van der Waals surface area contributed by atoms with Gasteiger partial charge in [-0.05, 0) is 12.1 Å². The average molecular weight is 329 g/mol. The third kappa shape index (κ3) is 2.39. The highest BCUT2D eigenvalue weighted by Gasteiger charge is 2.20. The molecule has 0 radical (unpaired) electrons. The van der Waals surface area contributed by atoms with Crippen molar-refractivity contribution in [3.8, 4) is 22.9 Å². The van der Waals surface area contributed by atoms with Crippen LogP contribution in [0.25, 0.3) is 22.4 Å². The van der Waals surface area contributed by atoms with Crippen LogP contribution in [0.5, 0.6) is 11.5 Å². The smallest absolute Gasteiger partial charge is 0.231 e. The largest absolute Gasteiger partial charge is 0.454 e. The van der Waals surface area contributed by atoms with Gasteiger partial charge in [0.05, 0.1) is 22.6 Å². The molecule has 0 aliphatic carbocycles. The second kappa shape index (κ2) is 5.20. The number of halogens is 1. The van der Waals surface area contributed by atoms with Crippen molar-refractivity contribution in [2.24, 2.45) is 5.73 Å². The summed E-state index contributed by atoms with van der Waals surface area (Å²) >= 11 is 5.04. The third-order valence-corrected chi connectivity index (χ3v) is 3.77. The van der Waals surface area contributed by atoms with E-state index < -0.39 is 0 Å². The third-order valence-electron chi connectivity index (χ3n) is 3.64. The molecule has 2 aromatic carbocycles. The van der Waals surface area contributed by atoms with Crippen LogP contribution in [0.1, 0.15) is 0 Å². The molecule has 2 N–H and O–H groups in total. The first-order chi connectivity index (χ1) is 11.1. The molecule has 116 valence electrons. The minimum absolute atomic E-state index is 0.188. The summed E-state index contributed by atoms with van der Waals surface area (Å²) in [6, 6.07) is 9.89. The van der Waals surface area contributed by atoms with Gasteiger partial charge in [0.2, 0.25) is 6.79 Å². The van der Waals surface area contributed by atoms with Crippen LogP contribution in [0.2, 0.25) is 0 Å². The molecule has 0 amide bonds. The molecule has 1 aromatic heterocycles. The Balaban J connectivity index is 1.97. The molecule has 23 heavy (non-hydrogen) atoms. The number of imidazole rings is 1. The number of nitrogens with zero attached hydrogens (tertiary/aromatic N) is 2. The molecular formula is C16H12FN3O2S. The van der Waals surface area contributed by atoms with E-state index in [1.807, 2.05) is 10.6 Å². The Bertz CT molecular complexity index is 938. The molecule has 0 saturated heterocycles. The van der Waals surface area contributed by atoms with Gasteiger partial charge in [-0.1, -0.05) is 24.4 Å². The number of benzene rings is 2. The molecule has 1 aliphatic heterocycles. The van der Waals surface area contributed by atoms with E-state index in [-0.39, 0.29) is 12.6 Å². The van der Waals surface area contributed by atoms with Crippen LogP contribution < -0.4 is 15.2 Å². The van der Waals surface area contributed by atoms with Gasteiger partial charge in [-0.15, -0.1) is 0 Å². The van der Waals surface area contributed by atoms with Gasteiger partial charge in [0.25, 0.3) is 0 Å². The van der Waals surface area contributed by atoms with Crippen molar-refractivity contribution in [3.63, 3.8) is 0 Å². The van der Waals surface area contributed by atoms with E-state index in [0.29, 0.717) is 39.9 Å². The van der Waals surface area contributed by atoms with Gasteiger partial charge in [0, 0.05) is 17.7 Å². The molecule has 0 spiro atoms. The number of aromatic nitrogens is 2. The highest BCUT2D eigenvalue weighted by atomic mass is 32.1. The van der Waals surface area contributed by atoms with Crippen LogP contribution in [-0.2, 0) is 6.54 Å². The molecule has 5 nitrogen and oxygen atoms in total. The Morgan fingerprint density at radius 2 is 2.04 bits per heavy atom. The maximum absolute atomic E-state index is 13.6. The van der Waals surface area contributed by atoms with Crippen LogP contribution in [0.4, 0.5) is 4.39 Å². The lowest BCUT2D eigenvalue weighted by molar-refractivity contribution is 0.174. The zero-order valence-electron chi connectivity index (χ0n) is 12.0. The number of hydrogen-bond donors (Lipinski definition) is 1. The van der Waals surface area contributed by atoms with Crippen LogP contribution in [0.3, 0.4) is 0 Å². The quantitative estimate of drug-likeness (QED) is 0.749. The molecule has 0 fully saturated rings. The summed E-state index contributed by atoms with van der Waals surface area (Å²) in [6.07, 6.45) is 0. The monoisotopic (exact) mass is 329 g/mol. The normalized spacial score (nSPS) is 12.7. The molecule has 3 aromatic rings. The first-order valence-corrected chi connectivity index (χ1v) is 7.37. The standard InChI is InChI=1S/C16H12FN3O2S/c17-10-3-1-2-9(4-10)16-19-11-5-13-14(22-8-21-13)6-12(11)20(16)7-15(18)23/h1-6H,7-8H2,(H2,18,23). The maximum Gasteiger partial charge on any atom is 0.231 e. The second-order valence-corrected chi connectivity index (χ2v) is 5.72. The van der Waals surface area contributed by atoms with E-state index in [2.05, 4.69) is 4.98 Å². The Kier molecular flexibility index (Phi) is 3.16. The lowest BCUT2D eigenvalue weighted by Crippen LogP contribution is -2.17. The molecule has 0 unspecified atom stereocenters. The van der Waals surface area contributed by atoms with E-state index in [1.54, 1.807) is 18.2 Å². The molecule has 0 saturated carbocycles. The lowest BCUT2D eigenvalue weighted by Gasteiger charge is -2.08. The molecule has 1 aliphatic rings. The molecule has 4 rings (SSSR count).